The van der Waals surface area contributed by atoms with Gasteiger partial charge in [0.1, 0.15) is 0 Å². The molecule has 0 heterocycles. The summed E-state index contributed by atoms with van der Waals surface area (Å²) in [5, 5.41) is 0. The number of aryl methyl sites for hydroxylation is 2. The molecule has 2 N–H and O–H groups in total. The fraction of sp³-hybridized carbons (Fsp3) is 0.375. The summed E-state index contributed by atoms with van der Waals surface area (Å²) in [6.07, 6.45) is 14.5. The van der Waals surface area contributed by atoms with E-state index in [0.29, 0.717) is 0 Å². The van der Waals surface area contributed by atoms with E-state index >= 15 is 17.6 Å². The van der Waals surface area contributed by atoms with E-state index in [0.717, 1.165) is 12.1 Å². The second kappa shape index (κ2) is 15.0. The quantitative estimate of drug-likeness (QED) is 0.148. The Morgan fingerprint density at radius 3 is 1.31 bits per heavy atom. The zero-order chi connectivity index (χ0) is 32.8. The Bertz CT molecular complexity index is 1590. The Kier molecular flexibility index (Phi) is 11.9. The Morgan fingerprint density at radius 1 is 0.622 bits per heavy atom. The first kappa shape index (κ1) is 35.5. The molecular formula is C32H38F4N2O4S2Ti. The summed E-state index contributed by atoms with van der Waals surface area (Å²) in [4.78, 5) is 0. The van der Waals surface area contributed by atoms with Gasteiger partial charge < -0.3 is 0 Å². The Balaban J connectivity index is 1.85. The minimum atomic E-state index is -4.94. The first-order chi connectivity index (χ1) is 21.4. The fourth-order valence-corrected chi connectivity index (χ4v) is 16.2. The topological polar surface area (TPSA) is 92.3 Å². The van der Waals surface area contributed by atoms with Gasteiger partial charge in [0.05, 0.1) is 0 Å². The van der Waals surface area contributed by atoms with Crippen LogP contribution in [0.15, 0.2) is 72.9 Å². The van der Waals surface area contributed by atoms with Crippen LogP contribution in [0, 0.1) is 23.3 Å². The van der Waals surface area contributed by atoms with Crippen LogP contribution in [0.25, 0.3) is 0 Å². The number of halogens is 4. The predicted octanol–water partition coefficient (Wildman–Crippen LogP) is 4.92. The number of hydrogen-bond donors (Lipinski definition) is 2. The van der Waals surface area contributed by atoms with Crippen molar-refractivity contribution in [2.75, 3.05) is 24.6 Å². The molecule has 2 aromatic rings. The summed E-state index contributed by atoms with van der Waals surface area (Å²) < 4.78 is 116. The van der Waals surface area contributed by atoms with Crippen molar-refractivity contribution in [3.8, 4) is 0 Å². The summed E-state index contributed by atoms with van der Waals surface area (Å²) in [5.74, 6) is -3.71. The van der Waals surface area contributed by atoms with E-state index in [-0.39, 0.29) is 69.1 Å². The van der Waals surface area contributed by atoms with Crippen LogP contribution in [0.2, 0.25) is 8.45 Å². The monoisotopic (exact) mass is 702 g/mol. The first-order valence-corrected chi connectivity index (χ1v) is 21.6. The molecule has 6 nitrogen and oxygen atoms in total. The van der Waals surface area contributed by atoms with Crippen molar-refractivity contribution in [1.29, 1.82) is 0 Å². The normalized spacial score (nSPS) is 15.6. The van der Waals surface area contributed by atoms with Gasteiger partial charge in [-0.1, -0.05) is 0 Å². The summed E-state index contributed by atoms with van der Waals surface area (Å²) in [7, 11) is -6.91. The van der Waals surface area contributed by atoms with Crippen LogP contribution in [0.5, 0.6) is 0 Å². The second-order valence-corrected chi connectivity index (χ2v) is 21.6. The number of allylic oxidation sites excluding steroid dienone is 8. The fourth-order valence-electron chi connectivity index (χ4n) is 6.04. The van der Waals surface area contributed by atoms with Crippen molar-refractivity contribution >= 4 is 27.8 Å². The van der Waals surface area contributed by atoms with Gasteiger partial charge in [-0.2, -0.15) is 0 Å². The van der Waals surface area contributed by atoms with Gasteiger partial charge in [0.25, 0.3) is 0 Å². The van der Waals surface area contributed by atoms with Crippen LogP contribution in [0.3, 0.4) is 0 Å². The van der Waals surface area contributed by atoms with Gasteiger partial charge >= 0.3 is 268 Å². The van der Waals surface area contributed by atoms with E-state index in [9.17, 15) is 16.8 Å². The zero-order valence-electron chi connectivity index (χ0n) is 25.2. The van der Waals surface area contributed by atoms with Gasteiger partial charge in [-0.3, -0.25) is 0 Å². The van der Waals surface area contributed by atoms with Crippen LogP contribution < -0.4 is 17.2 Å². The maximum atomic E-state index is 16.8. The second-order valence-electron chi connectivity index (χ2n) is 11.1. The molecule has 2 aromatic carbocycles. The van der Waals surface area contributed by atoms with E-state index in [1.807, 2.05) is 0 Å². The van der Waals surface area contributed by atoms with Crippen LogP contribution in [-0.4, -0.2) is 41.4 Å². The number of sulfonamides is 2. The molecule has 0 aliphatic heterocycles. The van der Waals surface area contributed by atoms with E-state index in [1.165, 1.54) is 26.0 Å². The van der Waals surface area contributed by atoms with E-state index in [2.05, 4.69) is 9.44 Å². The van der Waals surface area contributed by atoms with Gasteiger partial charge in [0, 0.05) is 0 Å². The molecule has 0 aromatic heterocycles. The van der Waals surface area contributed by atoms with Crippen molar-refractivity contribution in [3.05, 3.63) is 107 Å². The average molecular weight is 703 g/mol. The zero-order valence-corrected chi connectivity index (χ0v) is 28.4. The summed E-state index contributed by atoms with van der Waals surface area (Å²) in [5.41, 5.74) is 0.267. The van der Waals surface area contributed by atoms with Gasteiger partial charge in [-0.05, 0) is 0 Å². The molecule has 244 valence electrons. The Hall–Kier alpha value is -2.35. The summed E-state index contributed by atoms with van der Waals surface area (Å²) in [6.45, 7) is 3.10. The Morgan fingerprint density at radius 2 is 0.978 bits per heavy atom. The predicted molar refractivity (Wildman–Crippen MR) is 168 cm³/mol. The van der Waals surface area contributed by atoms with Crippen molar-refractivity contribution in [2.24, 2.45) is 0 Å². The van der Waals surface area contributed by atoms with Gasteiger partial charge in [0.15, 0.2) is 0 Å². The molecule has 0 saturated carbocycles. The summed E-state index contributed by atoms with van der Waals surface area (Å²) >= 11 is -4.94. The standard InChI is InChI=1S/2C11H14F2NO2S.2C5H5.Ti/c2*1-2-17(15,16)14-7-3-4-9-5-6-10(12)8-11(9)13;2*1-2-4-5-3-1;/h2*5-6,14H,2-4,7H2,1H3;2*1-5H;. The van der Waals surface area contributed by atoms with Crippen molar-refractivity contribution in [1.82, 2.24) is 9.44 Å². The van der Waals surface area contributed by atoms with Crippen LogP contribution in [-0.2, 0) is 49.5 Å². The van der Waals surface area contributed by atoms with Crippen molar-refractivity contribution < 1.29 is 51.0 Å². The third-order valence-corrected chi connectivity index (χ3v) is 19.7. The van der Waals surface area contributed by atoms with E-state index < -0.39 is 68.3 Å². The molecule has 0 fully saturated rings. The third-order valence-electron chi connectivity index (χ3n) is 8.37. The number of hydrogen-bond acceptors (Lipinski definition) is 4. The maximum absolute atomic E-state index is 16.8. The molecule has 45 heavy (non-hydrogen) atoms. The van der Waals surface area contributed by atoms with Gasteiger partial charge in [0.2, 0.25) is 0 Å². The molecular weight excluding hydrogens is 664 g/mol. The Labute approximate surface area is 266 Å². The molecule has 0 bridgehead atoms. The molecule has 2 aliphatic rings. The van der Waals surface area contributed by atoms with Crippen molar-refractivity contribution in [3.63, 3.8) is 0 Å². The number of rotatable bonds is 16. The molecule has 0 spiro atoms. The minimum absolute atomic E-state index is 0.0524. The molecule has 0 saturated heterocycles. The molecule has 0 atom stereocenters. The van der Waals surface area contributed by atoms with Gasteiger partial charge in [-0.15, -0.1) is 0 Å². The molecule has 4 rings (SSSR count). The van der Waals surface area contributed by atoms with Crippen LogP contribution in [0.4, 0.5) is 17.6 Å². The first-order valence-electron chi connectivity index (χ1n) is 15.0. The van der Waals surface area contributed by atoms with Crippen molar-refractivity contribution in [2.45, 2.75) is 48.0 Å². The third kappa shape index (κ3) is 7.80. The SMILES string of the molecule is CCS(=O)(=O)NCCCc1ccc(F)[c]([Ti]([c]2c(F)ccc(CCCNS(=O)(=O)CC)c2F)([CH]2C=CC=C2)[CH]2C=CC=C2)c1F. The summed E-state index contributed by atoms with van der Waals surface area (Å²) in [6, 6.07) is 4.87. The molecule has 0 unspecified atom stereocenters. The van der Waals surface area contributed by atoms with Crippen LogP contribution >= 0.6 is 0 Å². The molecule has 2 aliphatic carbocycles. The van der Waals surface area contributed by atoms with E-state index in [1.54, 1.807) is 48.6 Å². The van der Waals surface area contributed by atoms with Crippen LogP contribution in [0.1, 0.15) is 37.8 Å². The average Bonchev–Trinajstić information content (AvgIpc) is 3.74. The number of benzene rings is 2. The molecule has 13 heteroatoms. The van der Waals surface area contributed by atoms with E-state index in [4.69, 9.17) is 0 Å². The number of nitrogens with one attached hydrogen (secondary N) is 2. The molecule has 0 amide bonds. The van der Waals surface area contributed by atoms with Gasteiger partial charge in [-0.25, -0.2) is 0 Å². The molecule has 0 radical (unpaired) electrons.